The van der Waals surface area contributed by atoms with Crippen LogP contribution in [0.3, 0.4) is 0 Å². The standard InChI is InChI=1S/C5H8O2S/c1-4-5(2)7-8-6-3/h1,5H,2-3H3. The smallest absolute Gasteiger partial charge is 0.159 e. The Morgan fingerprint density at radius 3 is 2.75 bits per heavy atom. The minimum absolute atomic E-state index is 0.181. The number of rotatable bonds is 3. The topological polar surface area (TPSA) is 18.5 Å². The summed E-state index contributed by atoms with van der Waals surface area (Å²) in [5.41, 5.74) is 0. The van der Waals surface area contributed by atoms with Gasteiger partial charge in [-0.2, -0.15) is 0 Å². The van der Waals surface area contributed by atoms with Gasteiger partial charge in [0.2, 0.25) is 0 Å². The summed E-state index contributed by atoms with van der Waals surface area (Å²) in [6, 6.07) is 0. The summed E-state index contributed by atoms with van der Waals surface area (Å²) >= 11 is 0.898. The summed E-state index contributed by atoms with van der Waals surface area (Å²) in [4.78, 5) is 0. The van der Waals surface area contributed by atoms with Crippen LogP contribution < -0.4 is 0 Å². The molecule has 0 saturated heterocycles. The van der Waals surface area contributed by atoms with Crippen LogP contribution in [0, 0.1) is 12.3 Å². The largest absolute Gasteiger partial charge is 0.295 e. The van der Waals surface area contributed by atoms with Crippen molar-refractivity contribution in [1.82, 2.24) is 0 Å². The first kappa shape index (κ1) is 7.83. The second kappa shape index (κ2) is 4.98. The first-order valence-electron chi connectivity index (χ1n) is 2.13. The number of hydrogen-bond donors (Lipinski definition) is 0. The van der Waals surface area contributed by atoms with E-state index < -0.39 is 0 Å². The quantitative estimate of drug-likeness (QED) is 0.425. The SMILES string of the molecule is C#CC(C)OSOC. The van der Waals surface area contributed by atoms with Crippen molar-refractivity contribution in [3.63, 3.8) is 0 Å². The van der Waals surface area contributed by atoms with E-state index >= 15 is 0 Å². The molecule has 0 spiro atoms. The molecule has 0 heterocycles. The van der Waals surface area contributed by atoms with Gasteiger partial charge in [-0.05, 0) is 6.92 Å². The molecule has 0 amide bonds. The molecule has 0 aromatic heterocycles. The van der Waals surface area contributed by atoms with E-state index in [0.29, 0.717) is 0 Å². The monoisotopic (exact) mass is 132 g/mol. The predicted molar refractivity (Wildman–Crippen MR) is 34.0 cm³/mol. The van der Waals surface area contributed by atoms with Crippen molar-refractivity contribution in [2.75, 3.05) is 7.11 Å². The molecule has 0 fully saturated rings. The second-order valence-corrected chi connectivity index (χ2v) is 1.80. The summed E-state index contributed by atoms with van der Waals surface area (Å²) in [6.07, 6.45) is 4.79. The molecule has 3 heteroatoms. The van der Waals surface area contributed by atoms with Crippen molar-refractivity contribution in [2.45, 2.75) is 13.0 Å². The Labute approximate surface area is 54.0 Å². The zero-order valence-electron chi connectivity index (χ0n) is 4.88. The van der Waals surface area contributed by atoms with Gasteiger partial charge < -0.3 is 0 Å². The maximum absolute atomic E-state index is 4.97. The van der Waals surface area contributed by atoms with Crippen molar-refractivity contribution < 1.29 is 8.37 Å². The van der Waals surface area contributed by atoms with Crippen LogP contribution in [0.5, 0.6) is 0 Å². The molecule has 0 rings (SSSR count). The van der Waals surface area contributed by atoms with Crippen LogP contribution in [0.15, 0.2) is 0 Å². The van der Waals surface area contributed by atoms with Crippen LogP contribution in [0.2, 0.25) is 0 Å². The van der Waals surface area contributed by atoms with Crippen molar-refractivity contribution >= 4 is 12.3 Å². The van der Waals surface area contributed by atoms with E-state index in [9.17, 15) is 0 Å². The van der Waals surface area contributed by atoms with Crippen LogP contribution >= 0.6 is 12.3 Å². The highest BCUT2D eigenvalue weighted by Gasteiger charge is 1.93. The summed E-state index contributed by atoms with van der Waals surface area (Å²) < 4.78 is 9.31. The molecule has 0 aromatic rings. The molecule has 0 aromatic carbocycles. The van der Waals surface area contributed by atoms with E-state index in [1.807, 2.05) is 0 Å². The summed E-state index contributed by atoms with van der Waals surface area (Å²) in [5.74, 6) is 2.38. The third-order valence-electron chi connectivity index (χ3n) is 0.486. The van der Waals surface area contributed by atoms with Crippen molar-refractivity contribution in [3.05, 3.63) is 0 Å². The van der Waals surface area contributed by atoms with Gasteiger partial charge in [0.1, 0.15) is 6.10 Å². The molecule has 0 aliphatic rings. The van der Waals surface area contributed by atoms with Crippen LogP contribution in [0.1, 0.15) is 6.92 Å². The summed E-state index contributed by atoms with van der Waals surface area (Å²) in [7, 11) is 1.52. The lowest BCUT2D eigenvalue weighted by molar-refractivity contribution is 0.289. The Morgan fingerprint density at radius 2 is 2.38 bits per heavy atom. The molecular weight excluding hydrogens is 124 g/mol. The fraction of sp³-hybridized carbons (Fsp3) is 0.600. The van der Waals surface area contributed by atoms with Crippen LogP contribution in [-0.2, 0) is 8.37 Å². The zero-order chi connectivity index (χ0) is 6.41. The Hall–Kier alpha value is -0.170. The van der Waals surface area contributed by atoms with E-state index in [-0.39, 0.29) is 6.10 Å². The Balaban J connectivity index is 3.02. The molecule has 0 radical (unpaired) electrons. The lowest BCUT2D eigenvalue weighted by atomic mass is 10.4. The predicted octanol–water partition coefficient (Wildman–Crippen LogP) is 1.23. The molecule has 1 atom stereocenters. The van der Waals surface area contributed by atoms with Gasteiger partial charge in [0.25, 0.3) is 0 Å². The van der Waals surface area contributed by atoms with Crippen molar-refractivity contribution in [3.8, 4) is 12.3 Å². The zero-order valence-corrected chi connectivity index (χ0v) is 5.70. The molecule has 0 aliphatic carbocycles. The Kier molecular flexibility index (Phi) is 4.87. The maximum Gasteiger partial charge on any atom is 0.159 e. The van der Waals surface area contributed by atoms with Crippen LogP contribution in [0.4, 0.5) is 0 Å². The molecule has 8 heavy (non-hydrogen) atoms. The molecule has 0 aliphatic heterocycles. The first-order valence-corrected chi connectivity index (χ1v) is 2.80. The average molecular weight is 132 g/mol. The molecular formula is C5H8O2S. The number of terminal acetylenes is 1. The van der Waals surface area contributed by atoms with Gasteiger partial charge in [-0.3, -0.25) is 8.37 Å². The maximum atomic E-state index is 4.97. The van der Waals surface area contributed by atoms with E-state index in [4.69, 9.17) is 10.6 Å². The molecule has 0 bridgehead atoms. The lowest BCUT2D eigenvalue weighted by Crippen LogP contribution is -1.97. The molecule has 46 valence electrons. The molecule has 1 unspecified atom stereocenters. The second-order valence-electron chi connectivity index (χ2n) is 1.14. The van der Waals surface area contributed by atoms with Crippen molar-refractivity contribution in [2.24, 2.45) is 0 Å². The Morgan fingerprint density at radius 1 is 1.75 bits per heavy atom. The van der Waals surface area contributed by atoms with Gasteiger partial charge in [0, 0.05) is 0 Å². The Bertz CT molecular complexity index is 86.9. The normalized spacial score (nSPS) is 12.6. The minimum atomic E-state index is -0.181. The van der Waals surface area contributed by atoms with Gasteiger partial charge in [-0.25, -0.2) is 0 Å². The van der Waals surface area contributed by atoms with Gasteiger partial charge in [0.05, 0.1) is 7.11 Å². The van der Waals surface area contributed by atoms with Gasteiger partial charge in [-0.1, -0.05) is 5.92 Å². The minimum Gasteiger partial charge on any atom is -0.295 e. The average Bonchev–Trinajstić information content (AvgIpc) is 1.83. The third kappa shape index (κ3) is 4.00. The van der Waals surface area contributed by atoms with Crippen LogP contribution in [0.25, 0.3) is 0 Å². The fourth-order valence-electron chi connectivity index (χ4n) is 0.126. The van der Waals surface area contributed by atoms with Gasteiger partial charge in [-0.15, -0.1) is 6.42 Å². The van der Waals surface area contributed by atoms with E-state index in [1.54, 1.807) is 6.92 Å². The van der Waals surface area contributed by atoms with Gasteiger partial charge >= 0.3 is 0 Å². The molecule has 0 saturated carbocycles. The van der Waals surface area contributed by atoms with Crippen molar-refractivity contribution in [1.29, 1.82) is 0 Å². The lowest BCUT2D eigenvalue weighted by Gasteiger charge is -1.99. The summed E-state index contributed by atoms with van der Waals surface area (Å²) in [5, 5.41) is 0. The summed E-state index contributed by atoms with van der Waals surface area (Å²) in [6.45, 7) is 1.77. The van der Waals surface area contributed by atoms with E-state index in [2.05, 4.69) is 10.1 Å². The third-order valence-corrected chi connectivity index (χ3v) is 0.990. The fourth-order valence-corrected chi connectivity index (χ4v) is 0.378. The first-order chi connectivity index (χ1) is 3.81. The van der Waals surface area contributed by atoms with E-state index in [0.717, 1.165) is 12.3 Å². The highest BCUT2D eigenvalue weighted by Crippen LogP contribution is 2.04. The number of hydrogen-bond acceptors (Lipinski definition) is 3. The highest BCUT2D eigenvalue weighted by atomic mass is 32.2. The molecule has 2 nitrogen and oxygen atoms in total. The molecule has 0 N–H and O–H groups in total. The van der Waals surface area contributed by atoms with Gasteiger partial charge in [0.15, 0.2) is 12.3 Å². The highest BCUT2D eigenvalue weighted by molar-refractivity contribution is 7.89. The van der Waals surface area contributed by atoms with Crippen LogP contribution in [-0.4, -0.2) is 13.2 Å². The van der Waals surface area contributed by atoms with E-state index in [1.165, 1.54) is 7.11 Å².